The molecule has 0 bridgehead atoms. The normalized spacial score (nSPS) is 23.3. The van der Waals surface area contributed by atoms with Crippen molar-refractivity contribution >= 4 is 77.2 Å². The fourth-order valence-electron chi connectivity index (χ4n) is 15.2. The molecule has 0 spiro atoms. The summed E-state index contributed by atoms with van der Waals surface area (Å²) >= 11 is 0. The Kier molecular flexibility index (Phi) is 10.7. The molecule has 73 heavy (non-hydrogen) atoms. The monoisotopic (exact) mass is 985 g/mol. The Balaban J connectivity index is 1.25. The quantitative estimate of drug-likeness (QED) is 0.129. The number of furan rings is 1. The molecule has 6 aliphatic rings. The van der Waals surface area contributed by atoms with Crippen molar-refractivity contribution < 1.29 is 4.42 Å². The first kappa shape index (κ1) is 49.2. The lowest BCUT2D eigenvalue weighted by molar-refractivity contribution is 0.332. The molecule has 2 unspecified atom stereocenters. The van der Waals surface area contributed by atoms with E-state index >= 15 is 0 Å². The zero-order valence-electron chi connectivity index (χ0n) is 47.9. The Morgan fingerprint density at radius 3 is 1.52 bits per heavy atom. The molecule has 2 atom stereocenters. The van der Waals surface area contributed by atoms with Crippen LogP contribution < -0.4 is 26.2 Å². The predicted molar refractivity (Wildman–Crippen MR) is 319 cm³/mol. The van der Waals surface area contributed by atoms with Crippen molar-refractivity contribution in [1.82, 2.24) is 0 Å². The van der Waals surface area contributed by atoms with Crippen molar-refractivity contribution in [3.8, 4) is 0 Å². The lowest BCUT2D eigenvalue weighted by atomic mass is 9.33. The molecule has 0 radical (unpaired) electrons. The first-order valence-corrected chi connectivity index (χ1v) is 31.6. The van der Waals surface area contributed by atoms with Gasteiger partial charge in [0, 0.05) is 48.1 Å². The van der Waals surface area contributed by atoms with Gasteiger partial charge in [-0.2, -0.15) is 0 Å². The van der Waals surface area contributed by atoms with Crippen LogP contribution in [0.1, 0.15) is 206 Å². The van der Waals surface area contributed by atoms with Crippen molar-refractivity contribution in [2.45, 2.75) is 218 Å². The third-order valence-corrected chi connectivity index (χ3v) is 23.0. The summed E-state index contributed by atoms with van der Waals surface area (Å²) < 4.78 is 7.59. The fraction of sp³-hybridized carbons (Fsp3) is 0.500. The number of hydrogen-bond donors (Lipinski definition) is 0. The van der Waals surface area contributed by atoms with Gasteiger partial charge in [0.1, 0.15) is 5.58 Å². The van der Waals surface area contributed by atoms with Crippen LogP contribution in [-0.4, -0.2) is 15.5 Å². The van der Waals surface area contributed by atoms with Crippen molar-refractivity contribution in [1.29, 1.82) is 0 Å². The molecule has 0 saturated carbocycles. The summed E-state index contributed by atoms with van der Waals surface area (Å²) in [4.78, 5) is 5.41. The Bertz CT molecular complexity index is 3310. The average molecular weight is 985 g/mol. The van der Waals surface area contributed by atoms with Crippen LogP contribution in [0.25, 0.3) is 11.0 Å². The third-order valence-electron chi connectivity index (χ3n) is 20.5. The van der Waals surface area contributed by atoms with E-state index in [0.717, 1.165) is 17.9 Å². The van der Waals surface area contributed by atoms with Gasteiger partial charge in [-0.3, -0.25) is 4.90 Å². The molecule has 0 N–H and O–H groups in total. The maximum atomic E-state index is 7.59. The topological polar surface area (TPSA) is 19.6 Å². The van der Waals surface area contributed by atoms with E-state index in [2.05, 4.69) is 218 Å². The first-order valence-electron chi connectivity index (χ1n) is 28.6. The Hall–Kier alpha value is -4.74. The van der Waals surface area contributed by atoms with Gasteiger partial charge in [0.15, 0.2) is 0 Å². The lowest BCUT2D eigenvalue weighted by Crippen LogP contribution is -2.61. The largest absolute Gasteiger partial charge is 0.440 e. The summed E-state index contributed by atoms with van der Waals surface area (Å²) in [6.07, 6.45) is 14.3. The van der Waals surface area contributed by atoms with Gasteiger partial charge in [-0.25, -0.2) is 0 Å². The zero-order valence-corrected chi connectivity index (χ0v) is 49.1. The lowest BCUT2D eigenvalue weighted by Gasteiger charge is -2.48. The van der Waals surface area contributed by atoms with Crippen LogP contribution in [-0.2, 0) is 37.9 Å². The fourth-order valence-corrected chi connectivity index (χ4v) is 17.2. The van der Waals surface area contributed by atoms with Gasteiger partial charge in [-0.05, 0) is 211 Å². The van der Waals surface area contributed by atoms with E-state index in [-0.39, 0.29) is 44.6 Å². The third kappa shape index (κ3) is 7.44. The van der Waals surface area contributed by atoms with E-state index in [1.165, 1.54) is 140 Å². The summed E-state index contributed by atoms with van der Waals surface area (Å²) in [6.45, 7) is 42.1. The molecular weight excluding hydrogens is 900 g/mol. The van der Waals surface area contributed by atoms with Gasteiger partial charge in [0.05, 0.1) is 0 Å². The number of benzene rings is 5. The van der Waals surface area contributed by atoms with E-state index in [9.17, 15) is 0 Å². The van der Waals surface area contributed by atoms with Gasteiger partial charge < -0.3 is 9.32 Å². The molecule has 380 valence electrons. The van der Waals surface area contributed by atoms with Crippen LogP contribution >= 0.6 is 0 Å². The zero-order chi connectivity index (χ0) is 51.9. The van der Waals surface area contributed by atoms with Gasteiger partial charge >= 0.3 is 0 Å². The van der Waals surface area contributed by atoms with Gasteiger partial charge in [-0.15, -0.1) is 0 Å². The molecule has 0 fully saturated rings. The first-order chi connectivity index (χ1) is 34.1. The Labute approximate surface area is 442 Å². The summed E-state index contributed by atoms with van der Waals surface area (Å²) in [5, 5.41) is 1.25. The number of rotatable bonds is 4. The number of fused-ring (bicyclic) bond motifs is 9. The van der Waals surface area contributed by atoms with Crippen LogP contribution in [0.3, 0.4) is 0 Å². The molecule has 3 heterocycles. The summed E-state index contributed by atoms with van der Waals surface area (Å²) in [6, 6.07) is 33.2. The van der Waals surface area contributed by atoms with Crippen molar-refractivity contribution in [3.05, 3.63) is 136 Å². The average Bonchev–Trinajstić information content (AvgIpc) is 3.71. The van der Waals surface area contributed by atoms with Gasteiger partial charge in [0.2, 0.25) is 5.88 Å². The summed E-state index contributed by atoms with van der Waals surface area (Å²) in [7, 11) is -1.05. The minimum atomic E-state index is -1.05. The minimum Gasteiger partial charge on any atom is -0.440 e. The highest BCUT2D eigenvalue weighted by Crippen LogP contribution is 2.56. The van der Waals surface area contributed by atoms with E-state index in [4.69, 9.17) is 4.42 Å². The smallest absolute Gasteiger partial charge is 0.257 e. The number of allylic oxidation sites excluding steroid dienone is 2. The van der Waals surface area contributed by atoms with Crippen molar-refractivity contribution in [2.75, 3.05) is 9.80 Å². The molecule has 5 heteroatoms. The molecular formula is C68H85BN2OSi. The Morgan fingerprint density at radius 2 is 0.986 bits per heavy atom. The maximum Gasteiger partial charge on any atom is 0.257 e. The van der Waals surface area contributed by atoms with Gasteiger partial charge in [0.25, 0.3) is 6.71 Å². The second kappa shape index (κ2) is 15.9. The van der Waals surface area contributed by atoms with E-state index in [1.54, 1.807) is 0 Å². The second-order valence-electron chi connectivity index (χ2n) is 29.5. The molecule has 2 aliphatic heterocycles. The second-order valence-corrected chi connectivity index (χ2v) is 32.9. The molecule has 4 aliphatic carbocycles. The van der Waals surface area contributed by atoms with E-state index < -0.39 is 8.80 Å². The Morgan fingerprint density at radius 1 is 0.507 bits per heavy atom. The molecule has 0 amide bonds. The minimum absolute atomic E-state index is 0.0308. The number of hydrogen-bond acceptors (Lipinski definition) is 3. The van der Waals surface area contributed by atoms with Crippen LogP contribution in [0.5, 0.6) is 0 Å². The van der Waals surface area contributed by atoms with Crippen LogP contribution in [0.4, 0.5) is 34.3 Å². The number of nitrogens with zero attached hydrogens (tertiary/aromatic N) is 2. The maximum absolute atomic E-state index is 7.59. The van der Waals surface area contributed by atoms with Crippen molar-refractivity contribution in [3.63, 3.8) is 0 Å². The molecule has 3 nitrogen and oxygen atoms in total. The SMILES string of the molecule is C[SiH](C)C1CC=CCC1c1cc2c3c(c1)N(c1ccc4c(c1)C(C)(C)CCC4(C)C)c1oc4ccc(C(C)(C)C)cc4c1B3c1cc3c(cc1N2c1ccc2c(c1)C(C)(C)CCC2(C)C)C(C)(C)CCC3(C)C. The summed E-state index contributed by atoms with van der Waals surface area (Å²) in [5.74, 6) is 1.44. The highest BCUT2D eigenvalue weighted by molar-refractivity contribution is 7.01. The molecule has 6 aromatic rings. The molecule has 1 aromatic heterocycles. The summed E-state index contributed by atoms with van der Waals surface area (Å²) in [5.41, 5.74) is 24.5. The number of anilines is 6. The standard InChI is InChI=1S/C68H85BN2OSi/c1-62(2,3)42-22-27-57-46(36-42)59-61(72-57)71(44-24-26-48-50(38-44)66(10,11)31-29-64(48,6)7)56-35-41(45-20-18-19-21-58(45)73(16)17)34-55-60(56)69(59)53-39-51-52(68(14,15)33-32-67(51,12)13)40-54(53)70(55)43-23-25-47-49(37-43)65(8,9)30-28-63(47,4)5/h18-19,22-27,34-40,45,58,73H,20-21,28-33H2,1-17H3. The van der Waals surface area contributed by atoms with Crippen LogP contribution in [0, 0.1) is 0 Å². The molecule has 12 rings (SSSR count). The van der Waals surface area contributed by atoms with E-state index in [0.29, 0.717) is 11.5 Å². The predicted octanol–water partition coefficient (Wildman–Crippen LogP) is 17.2. The van der Waals surface area contributed by atoms with Gasteiger partial charge in [-0.1, -0.05) is 153 Å². The van der Waals surface area contributed by atoms with E-state index in [1.807, 2.05) is 0 Å². The molecule has 5 aromatic carbocycles. The van der Waals surface area contributed by atoms with Crippen molar-refractivity contribution in [2.24, 2.45) is 0 Å². The van der Waals surface area contributed by atoms with Crippen LogP contribution in [0.15, 0.2) is 95.4 Å². The van der Waals surface area contributed by atoms with Crippen LogP contribution in [0.2, 0.25) is 18.6 Å². The molecule has 0 saturated heterocycles. The highest BCUT2D eigenvalue weighted by Gasteiger charge is 2.50. The highest BCUT2D eigenvalue weighted by atomic mass is 28.3.